The third kappa shape index (κ3) is 3.95. The lowest BCUT2D eigenvalue weighted by atomic mass is 10.0. The fourth-order valence-corrected chi connectivity index (χ4v) is 2.99. The van der Waals surface area contributed by atoms with Crippen molar-refractivity contribution >= 4 is 23.3 Å². The van der Waals surface area contributed by atoms with Crippen molar-refractivity contribution in [2.75, 3.05) is 29.9 Å². The highest BCUT2D eigenvalue weighted by Gasteiger charge is 2.31. The fourth-order valence-electron chi connectivity index (χ4n) is 2.99. The van der Waals surface area contributed by atoms with Gasteiger partial charge in [0.05, 0.1) is 5.69 Å². The standard InChI is InChI=1S/C20H20F3N3O2/c1-12(2)13-3-5-14(6-4-13)26-10-9-25(20(26)28)11-17(27)24-16-8-7-15(21)18(22)19(16)23/h3-8,12H,9-11H2,1-2H3,(H,24,27). The number of anilines is 2. The van der Waals surface area contributed by atoms with Crippen molar-refractivity contribution in [2.24, 2.45) is 0 Å². The maximum absolute atomic E-state index is 13.7. The van der Waals surface area contributed by atoms with E-state index in [1.54, 1.807) is 4.90 Å². The number of amides is 3. The highest BCUT2D eigenvalue weighted by Crippen LogP contribution is 2.24. The number of nitrogens with zero attached hydrogens (tertiary/aromatic N) is 2. The number of rotatable bonds is 5. The van der Waals surface area contributed by atoms with Gasteiger partial charge in [0.25, 0.3) is 0 Å². The van der Waals surface area contributed by atoms with E-state index in [0.717, 1.165) is 23.4 Å². The van der Waals surface area contributed by atoms with Gasteiger partial charge in [-0.2, -0.15) is 0 Å². The summed E-state index contributed by atoms with van der Waals surface area (Å²) in [5, 5.41) is 2.17. The number of benzene rings is 2. The van der Waals surface area contributed by atoms with Gasteiger partial charge in [-0.1, -0.05) is 26.0 Å². The lowest BCUT2D eigenvalue weighted by Gasteiger charge is -2.19. The largest absolute Gasteiger partial charge is 0.325 e. The van der Waals surface area contributed by atoms with Crippen LogP contribution >= 0.6 is 0 Å². The molecule has 1 aliphatic heterocycles. The SMILES string of the molecule is CC(C)c1ccc(N2CCN(CC(=O)Nc3ccc(F)c(F)c3F)C2=O)cc1. The molecule has 8 heteroatoms. The molecule has 2 aromatic rings. The Labute approximate surface area is 160 Å². The Morgan fingerprint density at radius 1 is 1.04 bits per heavy atom. The van der Waals surface area contributed by atoms with E-state index in [2.05, 4.69) is 19.2 Å². The molecule has 1 heterocycles. The summed E-state index contributed by atoms with van der Waals surface area (Å²) >= 11 is 0. The molecule has 0 unspecified atom stereocenters. The van der Waals surface area contributed by atoms with Crippen molar-refractivity contribution < 1.29 is 22.8 Å². The molecule has 0 atom stereocenters. The van der Waals surface area contributed by atoms with Crippen molar-refractivity contribution in [2.45, 2.75) is 19.8 Å². The third-order valence-corrected chi connectivity index (χ3v) is 4.61. The first-order valence-corrected chi connectivity index (χ1v) is 8.87. The Hall–Kier alpha value is -3.03. The monoisotopic (exact) mass is 391 g/mol. The predicted molar refractivity (Wildman–Crippen MR) is 99.8 cm³/mol. The Morgan fingerprint density at radius 3 is 2.36 bits per heavy atom. The molecule has 3 amide bonds. The van der Waals surface area contributed by atoms with Crippen molar-refractivity contribution in [3.05, 3.63) is 59.4 Å². The van der Waals surface area contributed by atoms with Crippen molar-refractivity contribution in [3.63, 3.8) is 0 Å². The number of carbonyl (C=O) groups is 2. The average molecular weight is 391 g/mol. The summed E-state index contributed by atoms with van der Waals surface area (Å²) in [5.41, 5.74) is 1.40. The third-order valence-electron chi connectivity index (χ3n) is 4.61. The minimum absolute atomic E-state index is 0.318. The number of nitrogens with one attached hydrogen (secondary N) is 1. The second-order valence-corrected chi connectivity index (χ2v) is 6.87. The molecule has 1 saturated heterocycles. The molecule has 5 nitrogen and oxygen atoms in total. The van der Waals surface area contributed by atoms with Crippen molar-refractivity contribution in [3.8, 4) is 0 Å². The first-order chi connectivity index (χ1) is 13.3. The molecular weight excluding hydrogens is 371 g/mol. The van der Waals surface area contributed by atoms with Crippen LogP contribution in [-0.4, -0.2) is 36.5 Å². The molecule has 0 aliphatic carbocycles. The summed E-state index contributed by atoms with van der Waals surface area (Å²) in [6.07, 6.45) is 0. The molecule has 1 aliphatic rings. The van der Waals surface area contributed by atoms with E-state index in [1.165, 1.54) is 4.90 Å². The minimum atomic E-state index is -1.66. The van der Waals surface area contributed by atoms with Gasteiger partial charge in [0, 0.05) is 18.8 Å². The van der Waals surface area contributed by atoms with Gasteiger partial charge in [-0.3, -0.25) is 9.69 Å². The van der Waals surface area contributed by atoms with Crippen LogP contribution in [0.5, 0.6) is 0 Å². The maximum Gasteiger partial charge on any atom is 0.325 e. The molecule has 1 N–H and O–H groups in total. The van der Waals surface area contributed by atoms with Crippen LogP contribution in [-0.2, 0) is 4.79 Å². The second-order valence-electron chi connectivity index (χ2n) is 6.87. The second kappa shape index (κ2) is 7.92. The molecule has 0 radical (unpaired) electrons. The van der Waals surface area contributed by atoms with Crippen LogP contribution in [0.4, 0.5) is 29.3 Å². The number of hydrogen-bond acceptors (Lipinski definition) is 2. The predicted octanol–water partition coefficient (Wildman–Crippen LogP) is 4.11. The Morgan fingerprint density at radius 2 is 1.71 bits per heavy atom. The lowest BCUT2D eigenvalue weighted by molar-refractivity contribution is -0.116. The maximum atomic E-state index is 13.7. The Balaban J connectivity index is 1.63. The van der Waals surface area contributed by atoms with E-state index >= 15 is 0 Å². The smallest absolute Gasteiger partial charge is 0.322 e. The Kier molecular flexibility index (Phi) is 5.58. The van der Waals surface area contributed by atoms with Gasteiger partial charge < -0.3 is 10.2 Å². The zero-order valence-corrected chi connectivity index (χ0v) is 15.5. The van der Waals surface area contributed by atoms with Crippen molar-refractivity contribution in [1.29, 1.82) is 0 Å². The van der Waals surface area contributed by atoms with E-state index in [0.29, 0.717) is 19.0 Å². The van der Waals surface area contributed by atoms with Gasteiger partial charge in [0.15, 0.2) is 17.5 Å². The highest BCUT2D eigenvalue weighted by molar-refractivity contribution is 5.99. The van der Waals surface area contributed by atoms with Gasteiger partial charge in [0.2, 0.25) is 5.91 Å². The van der Waals surface area contributed by atoms with Crippen LogP contribution in [0.2, 0.25) is 0 Å². The van der Waals surface area contributed by atoms with Crippen molar-refractivity contribution in [1.82, 2.24) is 4.90 Å². The molecule has 0 spiro atoms. The van der Waals surface area contributed by atoms with Crippen LogP contribution in [0.1, 0.15) is 25.3 Å². The zero-order chi connectivity index (χ0) is 20.4. The van der Waals surface area contributed by atoms with Crippen LogP contribution in [0.25, 0.3) is 0 Å². The molecule has 28 heavy (non-hydrogen) atoms. The van der Waals surface area contributed by atoms with E-state index in [4.69, 9.17) is 0 Å². The van der Waals surface area contributed by atoms with E-state index < -0.39 is 29.0 Å². The summed E-state index contributed by atoms with van der Waals surface area (Å²) < 4.78 is 39.9. The molecule has 0 aromatic heterocycles. The van der Waals surface area contributed by atoms with E-state index in [-0.39, 0.29) is 12.6 Å². The first-order valence-electron chi connectivity index (χ1n) is 8.87. The molecule has 0 saturated carbocycles. The van der Waals surface area contributed by atoms with Crippen LogP contribution in [0.3, 0.4) is 0 Å². The Bertz CT molecular complexity index is 900. The number of carbonyl (C=O) groups excluding carboxylic acids is 2. The molecule has 1 fully saturated rings. The average Bonchev–Trinajstić information content (AvgIpc) is 3.02. The molecular formula is C20H20F3N3O2. The topological polar surface area (TPSA) is 52.6 Å². The van der Waals surface area contributed by atoms with Gasteiger partial charge in [-0.25, -0.2) is 18.0 Å². The normalized spacial score (nSPS) is 14.1. The summed E-state index contributed by atoms with van der Waals surface area (Å²) in [7, 11) is 0. The van der Waals surface area contributed by atoms with Gasteiger partial charge in [0.1, 0.15) is 6.54 Å². The van der Waals surface area contributed by atoms with Crippen LogP contribution in [0.15, 0.2) is 36.4 Å². The number of hydrogen-bond donors (Lipinski definition) is 1. The molecule has 3 rings (SSSR count). The van der Waals surface area contributed by atoms with E-state index in [1.807, 2.05) is 24.3 Å². The molecule has 2 aromatic carbocycles. The zero-order valence-electron chi connectivity index (χ0n) is 15.5. The van der Waals surface area contributed by atoms with Crippen LogP contribution < -0.4 is 10.2 Å². The van der Waals surface area contributed by atoms with Gasteiger partial charge in [-0.15, -0.1) is 0 Å². The summed E-state index contributed by atoms with van der Waals surface area (Å²) in [5.74, 6) is -4.81. The van der Waals surface area contributed by atoms with Gasteiger partial charge >= 0.3 is 6.03 Å². The fraction of sp³-hybridized carbons (Fsp3) is 0.300. The van der Waals surface area contributed by atoms with Crippen LogP contribution in [0, 0.1) is 17.5 Å². The summed E-state index contributed by atoms with van der Waals surface area (Å²) in [4.78, 5) is 27.5. The first kappa shape index (κ1) is 19.7. The highest BCUT2D eigenvalue weighted by atomic mass is 19.2. The summed E-state index contributed by atoms with van der Waals surface area (Å²) in [6.45, 7) is 4.56. The minimum Gasteiger partial charge on any atom is -0.322 e. The van der Waals surface area contributed by atoms with Gasteiger partial charge in [-0.05, 0) is 35.7 Å². The number of urea groups is 1. The van der Waals surface area contributed by atoms with E-state index in [9.17, 15) is 22.8 Å². The molecule has 0 bridgehead atoms. The number of halogens is 3. The summed E-state index contributed by atoms with van der Waals surface area (Å²) in [6, 6.07) is 8.92. The molecule has 148 valence electrons. The lowest BCUT2D eigenvalue weighted by Crippen LogP contribution is -2.37. The quantitative estimate of drug-likeness (QED) is 0.780.